The lowest BCUT2D eigenvalue weighted by Crippen LogP contribution is -2.39. The molecular weight excluding hydrogens is 282 g/mol. The van der Waals surface area contributed by atoms with E-state index in [1.165, 1.54) is 16.8 Å². The molecule has 0 unspecified atom stereocenters. The lowest BCUT2D eigenvalue weighted by Gasteiger charge is -2.27. The maximum Gasteiger partial charge on any atom is 0.274 e. The predicted molar refractivity (Wildman–Crippen MR) is 80.3 cm³/mol. The van der Waals surface area contributed by atoms with Crippen LogP contribution in [0, 0.1) is 0 Å². The molecule has 6 heteroatoms. The van der Waals surface area contributed by atoms with Crippen LogP contribution in [0.4, 0.5) is 0 Å². The SMILES string of the molecule is Cn1nc(C(=O)N(Cc2ccco2)C2CCCC2)ccc1=O. The van der Waals surface area contributed by atoms with Crippen LogP contribution in [0.5, 0.6) is 0 Å². The summed E-state index contributed by atoms with van der Waals surface area (Å²) in [5.74, 6) is 0.601. The molecule has 1 aliphatic carbocycles. The molecule has 3 rings (SSSR count). The van der Waals surface area contributed by atoms with Gasteiger partial charge in [-0.25, -0.2) is 4.68 Å². The van der Waals surface area contributed by atoms with Gasteiger partial charge < -0.3 is 9.32 Å². The van der Waals surface area contributed by atoms with Gasteiger partial charge in [0.2, 0.25) is 0 Å². The molecule has 2 heterocycles. The van der Waals surface area contributed by atoms with Crippen molar-refractivity contribution in [3.8, 4) is 0 Å². The first-order valence-corrected chi connectivity index (χ1v) is 7.53. The van der Waals surface area contributed by atoms with E-state index in [9.17, 15) is 9.59 Å². The Morgan fingerprint density at radius 3 is 2.77 bits per heavy atom. The molecule has 0 aromatic carbocycles. The minimum absolute atomic E-state index is 0.154. The number of hydrogen-bond donors (Lipinski definition) is 0. The number of nitrogens with zero attached hydrogens (tertiary/aromatic N) is 3. The maximum atomic E-state index is 12.8. The second-order valence-electron chi connectivity index (χ2n) is 5.63. The summed E-state index contributed by atoms with van der Waals surface area (Å²) < 4.78 is 6.57. The van der Waals surface area contributed by atoms with Gasteiger partial charge in [-0.3, -0.25) is 9.59 Å². The molecule has 2 aromatic heterocycles. The van der Waals surface area contributed by atoms with Crippen LogP contribution in [-0.4, -0.2) is 26.6 Å². The fourth-order valence-corrected chi connectivity index (χ4v) is 2.92. The lowest BCUT2D eigenvalue weighted by molar-refractivity contribution is 0.0640. The minimum atomic E-state index is -0.227. The Labute approximate surface area is 128 Å². The summed E-state index contributed by atoms with van der Waals surface area (Å²) in [6, 6.07) is 6.76. The quantitative estimate of drug-likeness (QED) is 0.865. The summed E-state index contributed by atoms with van der Waals surface area (Å²) in [7, 11) is 1.55. The molecule has 0 N–H and O–H groups in total. The molecule has 0 spiro atoms. The Kier molecular flexibility index (Phi) is 4.09. The van der Waals surface area contributed by atoms with Crippen LogP contribution in [0.15, 0.2) is 39.7 Å². The normalized spacial score (nSPS) is 15.1. The third kappa shape index (κ3) is 2.95. The molecule has 0 aliphatic heterocycles. The van der Waals surface area contributed by atoms with E-state index in [2.05, 4.69) is 5.10 Å². The van der Waals surface area contributed by atoms with Crippen molar-refractivity contribution in [3.05, 3.63) is 52.3 Å². The Hall–Kier alpha value is -2.37. The lowest BCUT2D eigenvalue weighted by atomic mass is 10.2. The molecule has 1 aliphatic rings. The number of furan rings is 1. The van der Waals surface area contributed by atoms with E-state index in [4.69, 9.17) is 4.42 Å². The Morgan fingerprint density at radius 2 is 2.14 bits per heavy atom. The molecule has 1 saturated carbocycles. The monoisotopic (exact) mass is 301 g/mol. The molecule has 22 heavy (non-hydrogen) atoms. The van der Waals surface area contributed by atoms with Crippen molar-refractivity contribution in [1.29, 1.82) is 0 Å². The van der Waals surface area contributed by atoms with Crippen LogP contribution >= 0.6 is 0 Å². The maximum absolute atomic E-state index is 12.8. The summed E-state index contributed by atoms with van der Waals surface area (Å²) in [5.41, 5.74) is 0.0653. The summed E-state index contributed by atoms with van der Waals surface area (Å²) in [5, 5.41) is 4.08. The van der Waals surface area contributed by atoms with Crippen molar-refractivity contribution in [2.45, 2.75) is 38.3 Å². The third-order valence-electron chi connectivity index (χ3n) is 4.11. The largest absolute Gasteiger partial charge is 0.467 e. The summed E-state index contributed by atoms with van der Waals surface area (Å²) in [6.45, 7) is 0.432. The highest BCUT2D eigenvalue weighted by Gasteiger charge is 2.29. The molecule has 0 saturated heterocycles. The second kappa shape index (κ2) is 6.17. The molecular formula is C16H19N3O3. The minimum Gasteiger partial charge on any atom is -0.467 e. The highest BCUT2D eigenvalue weighted by molar-refractivity contribution is 5.92. The predicted octanol–water partition coefficient (Wildman–Crippen LogP) is 1.96. The van der Waals surface area contributed by atoms with E-state index < -0.39 is 0 Å². The molecule has 6 nitrogen and oxygen atoms in total. The van der Waals surface area contributed by atoms with Gasteiger partial charge in [-0.1, -0.05) is 12.8 Å². The smallest absolute Gasteiger partial charge is 0.274 e. The van der Waals surface area contributed by atoms with E-state index in [-0.39, 0.29) is 17.5 Å². The van der Waals surface area contributed by atoms with E-state index in [0.717, 1.165) is 31.4 Å². The van der Waals surface area contributed by atoms with Gasteiger partial charge in [0, 0.05) is 19.2 Å². The molecule has 1 fully saturated rings. The van der Waals surface area contributed by atoms with Crippen LogP contribution in [0.1, 0.15) is 41.9 Å². The first-order chi connectivity index (χ1) is 10.6. The number of hydrogen-bond acceptors (Lipinski definition) is 4. The molecule has 2 aromatic rings. The Balaban J connectivity index is 1.88. The van der Waals surface area contributed by atoms with Crippen LogP contribution in [0.3, 0.4) is 0 Å². The van der Waals surface area contributed by atoms with Crippen LogP contribution in [0.2, 0.25) is 0 Å². The number of aryl methyl sites for hydroxylation is 1. The van der Waals surface area contributed by atoms with Crippen molar-refractivity contribution < 1.29 is 9.21 Å². The first kappa shape index (κ1) is 14.6. The third-order valence-corrected chi connectivity index (χ3v) is 4.11. The topological polar surface area (TPSA) is 68.3 Å². The van der Waals surface area contributed by atoms with Gasteiger partial charge in [-0.15, -0.1) is 0 Å². The summed E-state index contributed by atoms with van der Waals surface area (Å²) in [4.78, 5) is 26.1. The molecule has 1 amide bonds. The van der Waals surface area contributed by atoms with Crippen LogP contribution in [-0.2, 0) is 13.6 Å². The number of rotatable bonds is 4. The Bertz CT molecular complexity index is 700. The van der Waals surface area contributed by atoms with E-state index in [0.29, 0.717) is 12.2 Å². The fourth-order valence-electron chi connectivity index (χ4n) is 2.92. The van der Waals surface area contributed by atoms with Gasteiger partial charge in [-0.2, -0.15) is 5.10 Å². The Morgan fingerprint density at radius 1 is 1.36 bits per heavy atom. The number of carbonyl (C=O) groups excluding carboxylic acids is 1. The van der Waals surface area contributed by atoms with Crippen LogP contribution in [0.25, 0.3) is 0 Å². The van der Waals surface area contributed by atoms with Gasteiger partial charge >= 0.3 is 0 Å². The summed E-state index contributed by atoms with van der Waals surface area (Å²) in [6.07, 6.45) is 5.87. The van der Waals surface area contributed by atoms with Gasteiger partial charge in [0.15, 0.2) is 0 Å². The average Bonchev–Trinajstić information content (AvgIpc) is 3.20. The molecule has 0 bridgehead atoms. The first-order valence-electron chi connectivity index (χ1n) is 7.53. The van der Waals surface area contributed by atoms with E-state index in [1.807, 2.05) is 17.0 Å². The van der Waals surface area contributed by atoms with Crippen molar-refractivity contribution in [2.75, 3.05) is 0 Å². The van der Waals surface area contributed by atoms with Crippen LogP contribution < -0.4 is 5.56 Å². The number of aromatic nitrogens is 2. The van der Waals surface area contributed by atoms with Crippen molar-refractivity contribution in [1.82, 2.24) is 14.7 Å². The molecule has 116 valence electrons. The van der Waals surface area contributed by atoms with Crippen molar-refractivity contribution in [3.63, 3.8) is 0 Å². The average molecular weight is 301 g/mol. The zero-order chi connectivity index (χ0) is 15.5. The number of carbonyl (C=O) groups is 1. The standard InChI is InChI=1S/C16H19N3O3/c1-18-15(20)9-8-14(17-18)16(21)19(12-5-2-3-6-12)11-13-7-4-10-22-13/h4,7-10,12H,2-3,5-6,11H2,1H3. The van der Waals surface area contributed by atoms with Crippen molar-refractivity contribution in [2.24, 2.45) is 7.05 Å². The van der Waals surface area contributed by atoms with Gasteiger partial charge in [0.05, 0.1) is 12.8 Å². The van der Waals surface area contributed by atoms with E-state index in [1.54, 1.807) is 13.3 Å². The fraction of sp³-hybridized carbons (Fsp3) is 0.438. The number of amides is 1. The van der Waals surface area contributed by atoms with Gasteiger partial charge in [0.1, 0.15) is 11.5 Å². The zero-order valence-electron chi connectivity index (χ0n) is 12.6. The van der Waals surface area contributed by atoms with Gasteiger partial charge in [0.25, 0.3) is 11.5 Å². The highest BCUT2D eigenvalue weighted by atomic mass is 16.3. The molecule has 0 radical (unpaired) electrons. The highest BCUT2D eigenvalue weighted by Crippen LogP contribution is 2.26. The second-order valence-corrected chi connectivity index (χ2v) is 5.63. The van der Waals surface area contributed by atoms with E-state index >= 15 is 0 Å². The summed E-state index contributed by atoms with van der Waals surface area (Å²) >= 11 is 0. The van der Waals surface area contributed by atoms with Gasteiger partial charge in [-0.05, 0) is 31.0 Å². The zero-order valence-corrected chi connectivity index (χ0v) is 12.6. The van der Waals surface area contributed by atoms with Crippen molar-refractivity contribution >= 4 is 5.91 Å². The molecule has 0 atom stereocenters.